The summed E-state index contributed by atoms with van der Waals surface area (Å²) in [5, 5.41) is 18.7. The second kappa shape index (κ2) is 5.48. The number of aliphatic hydroxyl groups excluding tert-OH is 1. The topological polar surface area (TPSA) is 73.6 Å². The third-order valence-corrected chi connectivity index (χ3v) is 3.21. The number of likely N-dealkylation sites (N-methyl/N-ethyl adjacent to an activating group) is 1. The average molecular weight is 240 g/mol. The SMILES string of the molecule is COCC(O)CN(C)C(=O)C1(C#N)CC(C)C1. The van der Waals surface area contributed by atoms with E-state index in [0.717, 1.165) is 0 Å². The lowest BCUT2D eigenvalue weighted by molar-refractivity contribution is -0.145. The summed E-state index contributed by atoms with van der Waals surface area (Å²) in [6, 6.07) is 2.13. The van der Waals surface area contributed by atoms with Crippen molar-refractivity contribution in [3.63, 3.8) is 0 Å². The van der Waals surface area contributed by atoms with Crippen molar-refractivity contribution in [2.75, 3.05) is 27.3 Å². The van der Waals surface area contributed by atoms with E-state index in [-0.39, 0.29) is 19.1 Å². The van der Waals surface area contributed by atoms with E-state index in [0.29, 0.717) is 18.8 Å². The molecule has 0 heterocycles. The molecule has 1 fully saturated rings. The lowest BCUT2D eigenvalue weighted by Crippen LogP contribution is -2.50. The first-order chi connectivity index (χ1) is 7.95. The number of nitrogens with zero attached hydrogens (tertiary/aromatic N) is 2. The molecule has 1 amide bonds. The first-order valence-electron chi connectivity index (χ1n) is 5.79. The maximum absolute atomic E-state index is 12.1. The fourth-order valence-corrected chi connectivity index (χ4v) is 2.45. The normalized spacial score (nSPS) is 29.0. The number of amides is 1. The van der Waals surface area contributed by atoms with Crippen LogP contribution in [0.3, 0.4) is 0 Å². The van der Waals surface area contributed by atoms with E-state index in [1.54, 1.807) is 7.05 Å². The van der Waals surface area contributed by atoms with E-state index in [2.05, 4.69) is 6.07 Å². The molecule has 5 nitrogen and oxygen atoms in total. The summed E-state index contributed by atoms with van der Waals surface area (Å²) in [6.45, 7) is 2.42. The van der Waals surface area contributed by atoms with Gasteiger partial charge in [-0.25, -0.2) is 0 Å². The van der Waals surface area contributed by atoms with Crippen molar-refractivity contribution in [3.8, 4) is 6.07 Å². The number of hydrogen-bond donors (Lipinski definition) is 1. The molecule has 1 aliphatic carbocycles. The van der Waals surface area contributed by atoms with Crippen molar-refractivity contribution in [1.29, 1.82) is 5.26 Å². The minimum atomic E-state index is -0.860. The van der Waals surface area contributed by atoms with Crippen LogP contribution in [0.15, 0.2) is 0 Å². The lowest BCUT2D eigenvalue weighted by Gasteiger charge is -2.41. The highest BCUT2D eigenvalue weighted by molar-refractivity contribution is 5.86. The zero-order valence-electron chi connectivity index (χ0n) is 10.6. The Labute approximate surface area is 102 Å². The summed E-state index contributed by atoms with van der Waals surface area (Å²) in [6.07, 6.45) is 0.530. The molecule has 0 aromatic heterocycles. The molecule has 0 bridgehead atoms. The molecule has 1 unspecified atom stereocenters. The number of nitriles is 1. The van der Waals surface area contributed by atoms with Crippen molar-refractivity contribution in [2.45, 2.75) is 25.9 Å². The Morgan fingerprint density at radius 1 is 1.71 bits per heavy atom. The van der Waals surface area contributed by atoms with Gasteiger partial charge in [0.1, 0.15) is 5.41 Å². The number of hydrogen-bond acceptors (Lipinski definition) is 4. The highest BCUT2D eigenvalue weighted by Gasteiger charge is 2.50. The first kappa shape index (κ1) is 13.9. The van der Waals surface area contributed by atoms with E-state index in [9.17, 15) is 9.90 Å². The highest BCUT2D eigenvalue weighted by atomic mass is 16.5. The molecule has 0 spiro atoms. The fraction of sp³-hybridized carbons (Fsp3) is 0.833. The molecule has 1 rings (SSSR count). The molecule has 5 heteroatoms. The Morgan fingerprint density at radius 3 is 2.71 bits per heavy atom. The molecule has 0 aromatic carbocycles. The molecule has 0 aliphatic heterocycles. The fourth-order valence-electron chi connectivity index (χ4n) is 2.45. The van der Waals surface area contributed by atoms with Crippen LogP contribution < -0.4 is 0 Å². The standard InChI is InChI=1S/C12H20N2O3/c1-9-4-12(5-9,8-13)11(16)14(2)6-10(15)7-17-3/h9-10,15H,4-7H2,1-3H3. The predicted molar refractivity (Wildman–Crippen MR) is 62.0 cm³/mol. The predicted octanol–water partition coefficient (Wildman–Crippen LogP) is 0.392. The molecule has 0 radical (unpaired) electrons. The Kier molecular flexibility index (Phi) is 4.49. The number of carbonyl (C=O) groups is 1. The number of rotatable bonds is 5. The van der Waals surface area contributed by atoms with Crippen molar-refractivity contribution < 1.29 is 14.6 Å². The number of aliphatic hydroxyl groups is 1. The van der Waals surface area contributed by atoms with Gasteiger partial charge in [0.2, 0.25) is 5.91 Å². The largest absolute Gasteiger partial charge is 0.389 e. The van der Waals surface area contributed by atoms with Gasteiger partial charge in [-0.05, 0) is 18.8 Å². The van der Waals surface area contributed by atoms with Gasteiger partial charge >= 0.3 is 0 Å². The minimum Gasteiger partial charge on any atom is -0.389 e. The molecule has 0 aromatic rings. The van der Waals surface area contributed by atoms with Crippen molar-refractivity contribution in [3.05, 3.63) is 0 Å². The summed E-state index contributed by atoms with van der Waals surface area (Å²) in [5.74, 6) is 0.240. The number of ether oxygens (including phenoxy) is 1. The maximum Gasteiger partial charge on any atom is 0.242 e. The van der Waals surface area contributed by atoms with Crippen molar-refractivity contribution in [1.82, 2.24) is 4.90 Å². The second-order valence-electron chi connectivity index (χ2n) is 5.00. The molecule has 96 valence electrons. The quantitative estimate of drug-likeness (QED) is 0.754. The van der Waals surface area contributed by atoms with Gasteiger partial charge in [-0.15, -0.1) is 0 Å². The van der Waals surface area contributed by atoms with Gasteiger partial charge in [0.15, 0.2) is 0 Å². The zero-order valence-corrected chi connectivity index (χ0v) is 10.6. The van der Waals surface area contributed by atoms with Crippen LogP contribution in [0.4, 0.5) is 0 Å². The van der Waals surface area contributed by atoms with E-state index in [1.165, 1.54) is 12.0 Å². The van der Waals surface area contributed by atoms with Crippen LogP contribution in [0.2, 0.25) is 0 Å². The molecule has 0 saturated heterocycles. The third kappa shape index (κ3) is 2.96. The van der Waals surface area contributed by atoms with Crippen molar-refractivity contribution in [2.24, 2.45) is 11.3 Å². The van der Waals surface area contributed by atoms with Gasteiger partial charge in [-0.3, -0.25) is 4.79 Å². The molecular weight excluding hydrogens is 220 g/mol. The van der Waals surface area contributed by atoms with Gasteiger partial charge in [0, 0.05) is 20.7 Å². The molecular formula is C12H20N2O3. The van der Waals surface area contributed by atoms with Crippen LogP contribution in [0.1, 0.15) is 19.8 Å². The summed E-state index contributed by atoms with van der Waals surface area (Å²) >= 11 is 0. The van der Waals surface area contributed by atoms with Crippen LogP contribution >= 0.6 is 0 Å². The highest BCUT2D eigenvalue weighted by Crippen LogP contribution is 2.46. The van der Waals surface area contributed by atoms with E-state index in [4.69, 9.17) is 10.00 Å². The first-order valence-corrected chi connectivity index (χ1v) is 5.79. The van der Waals surface area contributed by atoms with Crippen LogP contribution in [0.25, 0.3) is 0 Å². The molecule has 17 heavy (non-hydrogen) atoms. The Hall–Kier alpha value is -1.12. The molecule has 1 aliphatic rings. The van der Waals surface area contributed by atoms with Gasteiger partial charge < -0.3 is 14.7 Å². The molecule has 1 N–H and O–H groups in total. The summed E-state index contributed by atoms with van der Waals surface area (Å²) in [4.78, 5) is 13.5. The summed E-state index contributed by atoms with van der Waals surface area (Å²) in [7, 11) is 3.11. The van der Waals surface area contributed by atoms with E-state index < -0.39 is 11.5 Å². The smallest absolute Gasteiger partial charge is 0.242 e. The van der Waals surface area contributed by atoms with Gasteiger partial charge in [-0.2, -0.15) is 5.26 Å². The summed E-state index contributed by atoms with van der Waals surface area (Å²) in [5.41, 5.74) is -0.860. The third-order valence-electron chi connectivity index (χ3n) is 3.21. The Balaban J connectivity index is 2.55. The monoisotopic (exact) mass is 240 g/mol. The molecule has 1 saturated carbocycles. The number of carbonyl (C=O) groups excluding carboxylic acids is 1. The Morgan fingerprint density at radius 2 is 2.29 bits per heavy atom. The average Bonchev–Trinajstić information content (AvgIpc) is 2.23. The van der Waals surface area contributed by atoms with Crippen LogP contribution in [-0.2, 0) is 9.53 Å². The lowest BCUT2D eigenvalue weighted by atomic mass is 9.63. The van der Waals surface area contributed by atoms with Crippen LogP contribution in [0, 0.1) is 22.7 Å². The van der Waals surface area contributed by atoms with Crippen LogP contribution in [-0.4, -0.2) is 49.3 Å². The van der Waals surface area contributed by atoms with Gasteiger partial charge in [0.05, 0.1) is 18.8 Å². The summed E-state index contributed by atoms with van der Waals surface area (Å²) < 4.78 is 4.80. The second-order valence-corrected chi connectivity index (χ2v) is 5.00. The van der Waals surface area contributed by atoms with E-state index in [1.807, 2.05) is 6.92 Å². The Bertz CT molecular complexity index is 318. The van der Waals surface area contributed by atoms with Gasteiger partial charge in [-0.1, -0.05) is 6.92 Å². The number of methoxy groups -OCH3 is 1. The van der Waals surface area contributed by atoms with Crippen LogP contribution in [0.5, 0.6) is 0 Å². The zero-order chi connectivity index (χ0) is 13.1. The minimum absolute atomic E-state index is 0.187. The maximum atomic E-state index is 12.1. The van der Waals surface area contributed by atoms with E-state index >= 15 is 0 Å². The van der Waals surface area contributed by atoms with Crippen molar-refractivity contribution >= 4 is 5.91 Å². The molecule has 1 atom stereocenters. The van der Waals surface area contributed by atoms with Gasteiger partial charge in [0.25, 0.3) is 0 Å².